The molecule has 0 aliphatic heterocycles. The molecular weight excluding hydrogens is 172 g/mol. The first kappa shape index (κ1) is 12.5. The number of aliphatic hydroxyl groups excluding tert-OH is 1. The van der Waals surface area contributed by atoms with Gasteiger partial charge in [0.05, 0.1) is 0 Å². The van der Waals surface area contributed by atoms with E-state index < -0.39 is 0 Å². The summed E-state index contributed by atoms with van der Waals surface area (Å²) in [5, 5.41) is 9.22. The lowest BCUT2D eigenvalue weighted by molar-refractivity contribution is 0.513. The molecule has 76 valence electrons. The Bertz CT molecular complexity index is 324. The monoisotopic (exact) mass is 190 g/mol. The van der Waals surface area contributed by atoms with Crippen LogP contribution in [0, 0.1) is 6.92 Å². The molecule has 1 aromatic carbocycles. The van der Waals surface area contributed by atoms with E-state index in [0.717, 1.165) is 16.7 Å². The highest BCUT2D eigenvalue weighted by molar-refractivity contribution is 5.68. The van der Waals surface area contributed by atoms with E-state index >= 15 is 0 Å². The minimum atomic E-state index is 0.0913. The molecule has 0 saturated carbocycles. The van der Waals surface area contributed by atoms with Gasteiger partial charge < -0.3 is 5.11 Å². The van der Waals surface area contributed by atoms with Crippen LogP contribution in [-0.2, 0) is 0 Å². The van der Waals surface area contributed by atoms with E-state index in [0.29, 0.717) is 0 Å². The zero-order valence-corrected chi connectivity index (χ0v) is 9.17. The second-order valence-electron chi connectivity index (χ2n) is 2.74. The predicted octanol–water partition coefficient (Wildman–Crippen LogP) is 4.19. The van der Waals surface area contributed by atoms with Crippen molar-refractivity contribution in [1.29, 1.82) is 0 Å². The SMILES string of the molecule is C=Cc1ccc(C)cc1C(=C)O.CC. The molecule has 1 N–H and O–H groups in total. The van der Waals surface area contributed by atoms with Crippen molar-refractivity contribution in [3.05, 3.63) is 48.0 Å². The van der Waals surface area contributed by atoms with E-state index in [4.69, 9.17) is 0 Å². The van der Waals surface area contributed by atoms with Crippen LogP contribution < -0.4 is 0 Å². The highest BCUT2D eigenvalue weighted by Crippen LogP contribution is 2.18. The fourth-order valence-corrected chi connectivity index (χ4v) is 1.10. The Morgan fingerprint density at radius 1 is 1.36 bits per heavy atom. The molecule has 0 spiro atoms. The van der Waals surface area contributed by atoms with Gasteiger partial charge in [-0.2, -0.15) is 0 Å². The van der Waals surface area contributed by atoms with Gasteiger partial charge in [-0.3, -0.25) is 0 Å². The van der Waals surface area contributed by atoms with Crippen LogP contribution in [0.1, 0.15) is 30.5 Å². The topological polar surface area (TPSA) is 20.2 Å². The van der Waals surface area contributed by atoms with Gasteiger partial charge in [-0.25, -0.2) is 0 Å². The van der Waals surface area contributed by atoms with E-state index in [1.165, 1.54) is 0 Å². The van der Waals surface area contributed by atoms with Gasteiger partial charge in [-0.05, 0) is 18.6 Å². The number of benzene rings is 1. The quantitative estimate of drug-likeness (QED) is 0.693. The first-order valence-electron chi connectivity index (χ1n) is 4.76. The Kier molecular flexibility index (Phi) is 5.38. The summed E-state index contributed by atoms with van der Waals surface area (Å²) in [4.78, 5) is 0. The van der Waals surface area contributed by atoms with Gasteiger partial charge in [0, 0.05) is 5.56 Å². The molecule has 0 heterocycles. The van der Waals surface area contributed by atoms with E-state index in [2.05, 4.69) is 13.2 Å². The van der Waals surface area contributed by atoms with E-state index in [1.807, 2.05) is 39.0 Å². The van der Waals surface area contributed by atoms with Crippen molar-refractivity contribution in [3.63, 3.8) is 0 Å². The molecule has 14 heavy (non-hydrogen) atoms. The maximum absolute atomic E-state index is 9.22. The Morgan fingerprint density at radius 3 is 2.36 bits per heavy atom. The highest BCUT2D eigenvalue weighted by Gasteiger charge is 2.01. The molecule has 0 amide bonds. The Labute approximate surface area is 86.4 Å². The van der Waals surface area contributed by atoms with Gasteiger partial charge in [-0.1, -0.05) is 50.8 Å². The number of aliphatic hydroxyl groups is 1. The minimum Gasteiger partial charge on any atom is -0.508 e. The van der Waals surface area contributed by atoms with Gasteiger partial charge >= 0.3 is 0 Å². The predicted molar refractivity (Wildman–Crippen MR) is 64.3 cm³/mol. The first-order valence-corrected chi connectivity index (χ1v) is 4.76. The van der Waals surface area contributed by atoms with Gasteiger partial charge in [0.15, 0.2) is 0 Å². The van der Waals surface area contributed by atoms with Crippen LogP contribution in [-0.4, -0.2) is 5.11 Å². The molecule has 0 fully saturated rings. The molecular formula is C13H18O. The van der Waals surface area contributed by atoms with E-state index in [9.17, 15) is 5.11 Å². The summed E-state index contributed by atoms with van der Waals surface area (Å²) in [6.07, 6.45) is 1.70. The van der Waals surface area contributed by atoms with Crippen LogP contribution in [0.25, 0.3) is 11.8 Å². The first-order chi connectivity index (χ1) is 6.65. The van der Waals surface area contributed by atoms with Crippen LogP contribution >= 0.6 is 0 Å². The summed E-state index contributed by atoms with van der Waals surface area (Å²) >= 11 is 0. The van der Waals surface area contributed by atoms with Crippen LogP contribution in [0.4, 0.5) is 0 Å². The van der Waals surface area contributed by atoms with Crippen LogP contribution in [0.15, 0.2) is 31.4 Å². The number of rotatable bonds is 2. The Morgan fingerprint density at radius 2 is 1.93 bits per heavy atom. The largest absolute Gasteiger partial charge is 0.508 e. The lowest BCUT2D eigenvalue weighted by Crippen LogP contribution is -1.87. The molecule has 1 aromatic rings. The molecule has 1 nitrogen and oxygen atoms in total. The lowest BCUT2D eigenvalue weighted by Gasteiger charge is -2.04. The minimum absolute atomic E-state index is 0.0913. The maximum atomic E-state index is 9.22. The maximum Gasteiger partial charge on any atom is 0.116 e. The van der Waals surface area contributed by atoms with Crippen molar-refractivity contribution in [1.82, 2.24) is 0 Å². The van der Waals surface area contributed by atoms with Gasteiger partial charge in [0.25, 0.3) is 0 Å². The molecule has 1 heteroatoms. The Balaban J connectivity index is 0.000000791. The zero-order valence-electron chi connectivity index (χ0n) is 9.17. The molecule has 0 radical (unpaired) electrons. The number of aryl methyl sites for hydroxylation is 1. The summed E-state index contributed by atoms with van der Waals surface area (Å²) < 4.78 is 0. The molecule has 0 aromatic heterocycles. The van der Waals surface area contributed by atoms with Gasteiger partial charge in [0.2, 0.25) is 0 Å². The molecule has 0 aliphatic rings. The number of hydrogen-bond donors (Lipinski definition) is 1. The zero-order chi connectivity index (χ0) is 11.1. The third-order valence-corrected chi connectivity index (χ3v) is 1.74. The highest BCUT2D eigenvalue weighted by atomic mass is 16.3. The Hall–Kier alpha value is -1.50. The third kappa shape index (κ3) is 3.09. The molecule has 0 atom stereocenters. The molecule has 0 aliphatic carbocycles. The second-order valence-corrected chi connectivity index (χ2v) is 2.74. The van der Waals surface area contributed by atoms with Crippen molar-refractivity contribution in [2.45, 2.75) is 20.8 Å². The summed E-state index contributed by atoms with van der Waals surface area (Å²) in [7, 11) is 0. The average molecular weight is 190 g/mol. The van der Waals surface area contributed by atoms with E-state index in [-0.39, 0.29) is 5.76 Å². The average Bonchev–Trinajstić information content (AvgIpc) is 2.20. The summed E-state index contributed by atoms with van der Waals surface area (Å²) in [5.41, 5.74) is 2.77. The standard InChI is InChI=1S/C11H12O.C2H6/c1-4-10-6-5-8(2)7-11(10)9(3)12;1-2/h4-7,12H,1,3H2,2H3;1-2H3. The molecule has 0 unspecified atom stereocenters. The summed E-state index contributed by atoms with van der Waals surface area (Å²) in [5.74, 6) is 0.0913. The van der Waals surface area contributed by atoms with Crippen molar-refractivity contribution in [3.8, 4) is 0 Å². The van der Waals surface area contributed by atoms with Crippen molar-refractivity contribution in [2.24, 2.45) is 0 Å². The lowest BCUT2D eigenvalue weighted by atomic mass is 10.0. The van der Waals surface area contributed by atoms with Crippen molar-refractivity contribution >= 4 is 11.8 Å². The third-order valence-electron chi connectivity index (χ3n) is 1.74. The second kappa shape index (κ2) is 6.03. The molecule has 0 saturated heterocycles. The normalized spacial score (nSPS) is 8.50. The number of hydrogen-bond acceptors (Lipinski definition) is 1. The van der Waals surface area contributed by atoms with Crippen LogP contribution in [0.2, 0.25) is 0 Å². The van der Waals surface area contributed by atoms with Gasteiger partial charge in [-0.15, -0.1) is 0 Å². The summed E-state index contributed by atoms with van der Waals surface area (Å²) in [6, 6.07) is 5.78. The fourth-order valence-electron chi connectivity index (χ4n) is 1.10. The van der Waals surface area contributed by atoms with Gasteiger partial charge in [0.1, 0.15) is 5.76 Å². The molecule has 0 bridgehead atoms. The fraction of sp³-hybridized carbons (Fsp3) is 0.231. The van der Waals surface area contributed by atoms with E-state index in [1.54, 1.807) is 6.08 Å². The van der Waals surface area contributed by atoms with Crippen molar-refractivity contribution < 1.29 is 5.11 Å². The molecule has 1 rings (SSSR count). The van der Waals surface area contributed by atoms with Crippen LogP contribution in [0.3, 0.4) is 0 Å². The van der Waals surface area contributed by atoms with Crippen LogP contribution in [0.5, 0.6) is 0 Å². The smallest absolute Gasteiger partial charge is 0.116 e. The summed E-state index contributed by atoms with van der Waals surface area (Å²) in [6.45, 7) is 13.1. The van der Waals surface area contributed by atoms with Crippen molar-refractivity contribution in [2.75, 3.05) is 0 Å².